The first kappa shape index (κ1) is 15.2. The highest BCUT2D eigenvalue weighted by Gasteiger charge is 2.24. The average molecular weight is 346 g/mol. The number of halogens is 1. The van der Waals surface area contributed by atoms with Crippen molar-refractivity contribution in [1.29, 1.82) is 0 Å². The second kappa shape index (κ2) is 6.27. The average Bonchev–Trinajstić information content (AvgIpc) is 3.12. The van der Waals surface area contributed by atoms with Crippen molar-refractivity contribution >= 4 is 33.0 Å². The summed E-state index contributed by atoms with van der Waals surface area (Å²) in [7, 11) is 2.04. The van der Waals surface area contributed by atoms with Crippen molar-refractivity contribution in [3.8, 4) is 0 Å². The van der Waals surface area contributed by atoms with Gasteiger partial charge in [0.25, 0.3) is 0 Å². The van der Waals surface area contributed by atoms with Crippen molar-refractivity contribution in [3.63, 3.8) is 0 Å². The Morgan fingerprint density at radius 2 is 2.17 bits per heavy atom. The van der Waals surface area contributed by atoms with Gasteiger partial charge in [-0.2, -0.15) is 5.10 Å². The third-order valence-electron chi connectivity index (χ3n) is 4.75. The van der Waals surface area contributed by atoms with E-state index in [0.717, 1.165) is 24.7 Å². The smallest absolute Gasteiger partial charge is 0.0637 e. The van der Waals surface area contributed by atoms with Gasteiger partial charge >= 0.3 is 0 Å². The summed E-state index contributed by atoms with van der Waals surface area (Å²) >= 11 is 8.44. The second-order valence-electron chi connectivity index (χ2n) is 6.29. The molecule has 3 nitrogen and oxygen atoms in total. The summed E-state index contributed by atoms with van der Waals surface area (Å²) in [4.78, 5) is 3.83. The van der Waals surface area contributed by atoms with Crippen molar-refractivity contribution in [1.82, 2.24) is 14.7 Å². The maximum Gasteiger partial charge on any atom is 0.0637 e. The molecule has 0 unspecified atom stereocenters. The summed E-state index contributed by atoms with van der Waals surface area (Å²) in [6, 6.07) is 10.6. The minimum absolute atomic E-state index is 0.574. The van der Waals surface area contributed by atoms with Crippen LogP contribution in [0.15, 0.2) is 36.5 Å². The normalized spacial score (nSPS) is 19.5. The van der Waals surface area contributed by atoms with Crippen LogP contribution in [0, 0.1) is 0 Å². The third kappa shape index (κ3) is 2.91. The molecular formula is C18H20ClN3S. The van der Waals surface area contributed by atoms with E-state index in [9.17, 15) is 0 Å². The van der Waals surface area contributed by atoms with Crippen molar-refractivity contribution in [2.24, 2.45) is 7.05 Å². The summed E-state index contributed by atoms with van der Waals surface area (Å²) in [6.07, 6.45) is 4.38. The largest absolute Gasteiger partial charge is 0.298 e. The van der Waals surface area contributed by atoms with E-state index in [2.05, 4.69) is 40.3 Å². The lowest BCUT2D eigenvalue weighted by molar-refractivity contribution is 0.198. The summed E-state index contributed by atoms with van der Waals surface area (Å²) in [6.45, 7) is 3.19. The molecule has 3 heterocycles. The highest BCUT2D eigenvalue weighted by Crippen LogP contribution is 2.37. The van der Waals surface area contributed by atoms with E-state index in [-0.39, 0.29) is 0 Å². The molecule has 1 saturated heterocycles. The lowest BCUT2D eigenvalue weighted by Crippen LogP contribution is -2.34. The minimum Gasteiger partial charge on any atom is -0.298 e. The van der Waals surface area contributed by atoms with Crippen molar-refractivity contribution in [3.05, 3.63) is 52.1 Å². The number of hydrogen-bond donors (Lipinski definition) is 0. The van der Waals surface area contributed by atoms with Crippen molar-refractivity contribution in [2.75, 3.05) is 13.1 Å². The van der Waals surface area contributed by atoms with Gasteiger partial charge in [0, 0.05) is 52.9 Å². The fraction of sp³-hybridized carbons (Fsp3) is 0.389. The Labute approximate surface area is 145 Å². The minimum atomic E-state index is 0.574. The molecule has 0 aliphatic carbocycles. The van der Waals surface area contributed by atoms with Crippen LogP contribution in [0.3, 0.4) is 0 Å². The Balaban J connectivity index is 1.54. The van der Waals surface area contributed by atoms with Crippen molar-refractivity contribution in [2.45, 2.75) is 25.3 Å². The Hall–Kier alpha value is -1.36. The lowest BCUT2D eigenvalue weighted by atomic mass is 9.94. The fourth-order valence-corrected chi connectivity index (χ4v) is 5.13. The maximum atomic E-state index is 6.61. The van der Waals surface area contributed by atoms with Gasteiger partial charge in [-0.3, -0.25) is 9.58 Å². The van der Waals surface area contributed by atoms with Gasteiger partial charge in [-0.1, -0.05) is 29.8 Å². The number of hydrogen-bond acceptors (Lipinski definition) is 3. The van der Waals surface area contributed by atoms with Gasteiger partial charge in [0.05, 0.1) is 5.02 Å². The molecule has 23 heavy (non-hydrogen) atoms. The van der Waals surface area contributed by atoms with Gasteiger partial charge in [-0.05, 0) is 31.5 Å². The topological polar surface area (TPSA) is 21.1 Å². The van der Waals surface area contributed by atoms with Crippen molar-refractivity contribution < 1.29 is 0 Å². The van der Waals surface area contributed by atoms with Crippen LogP contribution in [0.5, 0.6) is 0 Å². The molecule has 0 N–H and O–H groups in total. The molecule has 120 valence electrons. The predicted octanol–water partition coefficient (Wildman–Crippen LogP) is 4.67. The number of aromatic nitrogens is 2. The molecule has 1 aromatic carbocycles. The lowest BCUT2D eigenvalue weighted by Gasteiger charge is -2.32. The summed E-state index contributed by atoms with van der Waals surface area (Å²) < 4.78 is 3.30. The molecule has 1 fully saturated rings. The van der Waals surface area contributed by atoms with Gasteiger partial charge in [0.1, 0.15) is 0 Å². The molecule has 0 bridgehead atoms. The van der Waals surface area contributed by atoms with Gasteiger partial charge in [-0.25, -0.2) is 0 Å². The number of aryl methyl sites for hydroxylation is 1. The highest BCUT2D eigenvalue weighted by molar-refractivity contribution is 7.19. The van der Waals surface area contributed by atoms with Crippen LogP contribution in [-0.4, -0.2) is 27.8 Å². The Bertz CT molecular complexity index is 823. The predicted molar refractivity (Wildman–Crippen MR) is 97.3 cm³/mol. The number of benzene rings is 1. The summed E-state index contributed by atoms with van der Waals surface area (Å²) in [5.74, 6) is 0.574. The molecule has 1 atom stereocenters. The third-order valence-corrected chi connectivity index (χ3v) is 6.45. The molecule has 0 saturated carbocycles. The Morgan fingerprint density at radius 3 is 2.96 bits per heavy atom. The monoisotopic (exact) mass is 345 g/mol. The molecule has 0 radical (unpaired) electrons. The Kier molecular flexibility index (Phi) is 4.14. The van der Waals surface area contributed by atoms with Crippen LogP contribution in [-0.2, 0) is 13.6 Å². The number of thiophene rings is 1. The first-order chi connectivity index (χ1) is 11.2. The first-order valence-electron chi connectivity index (χ1n) is 8.08. The summed E-state index contributed by atoms with van der Waals surface area (Å²) in [5.41, 5.74) is 1.34. The second-order valence-corrected chi connectivity index (χ2v) is 7.80. The molecule has 2 aromatic heterocycles. The van der Waals surface area contributed by atoms with Crippen LogP contribution in [0.25, 0.3) is 10.1 Å². The van der Waals surface area contributed by atoms with E-state index in [1.807, 2.05) is 29.3 Å². The molecule has 5 heteroatoms. The maximum absolute atomic E-state index is 6.61. The first-order valence-corrected chi connectivity index (χ1v) is 9.28. The van der Waals surface area contributed by atoms with Gasteiger partial charge in [0.15, 0.2) is 0 Å². The van der Waals surface area contributed by atoms with E-state index in [1.54, 1.807) is 0 Å². The van der Waals surface area contributed by atoms with Crippen LogP contribution < -0.4 is 0 Å². The standard InChI is InChI=1S/C18H20ClN3S/c1-21-15(8-9-20-21)13-5-4-10-22(11-13)12-17-18(19)14-6-2-3-7-16(14)23-17/h2-3,6-9,13H,4-5,10-12H2,1H3/t13-/m0/s1. The number of fused-ring (bicyclic) bond motifs is 1. The van der Waals surface area contributed by atoms with Crippen LogP contribution in [0.2, 0.25) is 5.02 Å². The SMILES string of the molecule is Cn1nccc1[C@H]1CCCN(Cc2sc3ccccc3c2Cl)C1. The fourth-order valence-electron chi connectivity index (χ4n) is 3.59. The number of likely N-dealkylation sites (tertiary alicyclic amines) is 1. The number of piperidine rings is 1. The molecular weight excluding hydrogens is 326 g/mol. The van der Waals surface area contributed by atoms with E-state index in [0.29, 0.717) is 5.92 Å². The molecule has 4 rings (SSSR count). The Morgan fingerprint density at radius 1 is 1.30 bits per heavy atom. The van der Waals surface area contributed by atoms with Crippen LogP contribution in [0.1, 0.15) is 29.3 Å². The molecule has 0 spiro atoms. The van der Waals surface area contributed by atoms with Gasteiger partial charge in [0.2, 0.25) is 0 Å². The van der Waals surface area contributed by atoms with Gasteiger partial charge < -0.3 is 0 Å². The van der Waals surface area contributed by atoms with E-state index in [4.69, 9.17) is 11.6 Å². The highest BCUT2D eigenvalue weighted by atomic mass is 35.5. The molecule has 1 aliphatic rings. The zero-order valence-corrected chi connectivity index (χ0v) is 14.8. The zero-order valence-electron chi connectivity index (χ0n) is 13.2. The number of rotatable bonds is 3. The summed E-state index contributed by atoms with van der Waals surface area (Å²) in [5, 5.41) is 6.45. The van der Waals surface area contributed by atoms with Crippen LogP contribution in [0.4, 0.5) is 0 Å². The van der Waals surface area contributed by atoms with E-state index in [1.165, 1.54) is 33.5 Å². The molecule has 0 amide bonds. The molecule has 1 aliphatic heterocycles. The zero-order chi connectivity index (χ0) is 15.8. The number of nitrogens with zero attached hydrogens (tertiary/aromatic N) is 3. The molecule has 3 aromatic rings. The van der Waals surface area contributed by atoms with E-state index < -0.39 is 0 Å². The quantitative estimate of drug-likeness (QED) is 0.688. The van der Waals surface area contributed by atoms with Crippen LogP contribution >= 0.6 is 22.9 Å². The van der Waals surface area contributed by atoms with Gasteiger partial charge in [-0.15, -0.1) is 11.3 Å². The van der Waals surface area contributed by atoms with E-state index >= 15 is 0 Å².